The van der Waals surface area contributed by atoms with E-state index in [1.807, 2.05) is 91.0 Å². The van der Waals surface area contributed by atoms with Crippen LogP contribution in [0.2, 0.25) is 0 Å². The Bertz CT molecular complexity index is 2610. The summed E-state index contributed by atoms with van der Waals surface area (Å²) >= 11 is 0. The van der Waals surface area contributed by atoms with E-state index in [0.717, 1.165) is 74.4 Å². The highest BCUT2D eigenvalue weighted by molar-refractivity contribution is 5.82. The number of carbonyl (C=O) groups is 4. The highest BCUT2D eigenvalue weighted by Crippen LogP contribution is 2.49. The lowest BCUT2D eigenvalue weighted by atomic mass is 9.69. The Balaban J connectivity index is 1.49. The maximum absolute atomic E-state index is 12.0. The Morgan fingerprint density at radius 1 is 0.386 bits per heavy atom. The van der Waals surface area contributed by atoms with Crippen molar-refractivity contribution in [2.24, 2.45) is 0 Å². The van der Waals surface area contributed by atoms with Crippen molar-refractivity contribution in [2.75, 3.05) is 52.9 Å². The van der Waals surface area contributed by atoms with Crippen LogP contribution in [0, 0.1) is 0 Å². The zero-order chi connectivity index (χ0) is 49.7. The van der Waals surface area contributed by atoms with Gasteiger partial charge < -0.3 is 37.9 Å². The van der Waals surface area contributed by atoms with Crippen molar-refractivity contribution in [3.8, 4) is 56.4 Å². The number of hydrogen-bond donors (Lipinski definition) is 0. The highest BCUT2D eigenvalue weighted by Gasteiger charge is 2.38. The molecule has 0 saturated carbocycles. The molecule has 70 heavy (non-hydrogen) atoms. The van der Waals surface area contributed by atoms with E-state index < -0.39 is 29.3 Å². The van der Waals surface area contributed by atoms with E-state index in [-0.39, 0.29) is 52.9 Å². The summed E-state index contributed by atoms with van der Waals surface area (Å²) in [5, 5.41) is 0. The SMILES string of the molecule is C=CC(=O)OCCOc1ccc(-c2ccc(OCCOC(=O)C=C)c(C(C)(c3ccc(-c4ccccc4)cc3)c3cc(-c4ccc(OCCOC(=O)C=C)cc4)ccc3OCCOC(=O)C=C)c2)cc1. The fourth-order valence-electron chi connectivity index (χ4n) is 7.45. The molecule has 0 fully saturated rings. The summed E-state index contributed by atoms with van der Waals surface area (Å²) in [5.41, 5.74) is 6.83. The van der Waals surface area contributed by atoms with Gasteiger partial charge in [0, 0.05) is 40.8 Å². The molecule has 0 spiro atoms. The number of esters is 4. The molecule has 12 heteroatoms. The van der Waals surface area contributed by atoms with Crippen LogP contribution in [-0.4, -0.2) is 76.7 Å². The third-order valence-electron chi connectivity index (χ3n) is 11.0. The number of ether oxygens (including phenoxy) is 8. The average Bonchev–Trinajstić information content (AvgIpc) is 3.41. The molecule has 6 rings (SSSR count). The molecular weight excluding hydrogens is 889 g/mol. The minimum Gasteiger partial charge on any atom is -0.490 e. The van der Waals surface area contributed by atoms with E-state index in [9.17, 15) is 19.2 Å². The minimum absolute atomic E-state index is 0.0320. The zero-order valence-electron chi connectivity index (χ0n) is 39.0. The molecule has 0 saturated heterocycles. The van der Waals surface area contributed by atoms with Gasteiger partial charge in [-0.05, 0) is 94.4 Å². The molecule has 0 unspecified atom stereocenters. The average molecular weight is 943 g/mol. The Kier molecular flexibility index (Phi) is 18.5. The largest absolute Gasteiger partial charge is 0.490 e. The molecule has 12 nitrogen and oxygen atoms in total. The van der Waals surface area contributed by atoms with Crippen molar-refractivity contribution in [1.82, 2.24) is 0 Å². The summed E-state index contributed by atoms with van der Waals surface area (Å²) in [6, 6.07) is 45.3. The van der Waals surface area contributed by atoms with Gasteiger partial charge in [0.2, 0.25) is 0 Å². The van der Waals surface area contributed by atoms with Gasteiger partial charge in [-0.15, -0.1) is 0 Å². The monoisotopic (exact) mass is 942 g/mol. The van der Waals surface area contributed by atoms with E-state index in [1.54, 1.807) is 0 Å². The van der Waals surface area contributed by atoms with Crippen LogP contribution in [-0.2, 0) is 43.5 Å². The lowest BCUT2D eigenvalue weighted by Crippen LogP contribution is -2.28. The smallest absolute Gasteiger partial charge is 0.330 e. The maximum atomic E-state index is 12.0. The van der Waals surface area contributed by atoms with Crippen molar-refractivity contribution in [1.29, 1.82) is 0 Å². The second kappa shape index (κ2) is 25.5. The van der Waals surface area contributed by atoms with Crippen LogP contribution in [0.25, 0.3) is 33.4 Å². The first kappa shape index (κ1) is 50.8. The van der Waals surface area contributed by atoms with Crippen molar-refractivity contribution < 1.29 is 57.1 Å². The molecule has 0 radical (unpaired) electrons. The molecule has 0 aromatic heterocycles. The molecule has 0 aliphatic heterocycles. The lowest BCUT2D eigenvalue weighted by Gasteiger charge is -2.35. The van der Waals surface area contributed by atoms with Crippen molar-refractivity contribution in [3.63, 3.8) is 0 Å². The summed E-state index contributed by atoms with van der Waals surface area (Å²) in [5.74, 6) is 0.00102. The molecule has 0 atom stereocenters. The molecule has 0 amide bonds. The molecule has 0 heterocycles. The molecular formula is C58H54O12. The normalized spacial score (nSPS) is 10.7. The first-order chi connectivity index (χ1) is 34.1. The minimum atomic E-state index is -1.06. The lowest BCUT2D eigenvalue weighted by molar-refractivity contribution is -0.139. The van der Waals surface area contributed by atoms with Gasteiger partial charge in [0.1, 0.15) is 75.9 Å². The Hall–Kier alpha value is -8.64. The van der Waals surface area contributed by atoms with Crippen LogP contribution in [0.3, 0.4) is 0 Å². The fourth-order valence-corrected chi connectivity index (χ4v) is 7.45. The molecule has 0 aliphatic rings. The molecule has 0 N–H and O–H groups in total. The standard InChI is InChI=1S/C58H54O12/c1-6-54(59)67-35-31-63-48-25-17-43(18-26-48)45-21-29-52(65-33-37-69-56(61)8-3)50(39-45)58(5,47-23-15-42(16-24-47)41-13-11-10-12-14-41)51-40-46(22-30-53(51)66-34-38-70-57(62)9-4)44-19-27-49(28-20-44)64-32-36-68-55(60)7-2/h6-30,39-40H,1-4,31-38H2,5H3. The highest BCUT2D eigenvalue weighted by atomic mass is 16.6. The Labute approximate surface area is 408 Å². The predicted molar refractivity (Wildman–Crippen MR) is 268 cm³/mol. The molecule has 0 bridgehead atoms. The first-order valence-electron chi connectivity index (χ1n) is 22.4. The maximum Gasteiger partial charge on any atom is 0.330 e. The fraction of sp³-hybridized carbons (Fsp3) is 0.172. The van der Waals surface area contributed by atoms with E-state index in [4.69, 9.17) is 37.9 Å². The van der Waals surface area contributed by atoms with Crippen molar-refractivity contribution >= 4 is 23.9 Å². The van der Waals surface area contributed by atoms with Gasteiger partial charge in [0.05, 0.1) is 0 Å². The summed E-state index contributed by atoms with van der Waals surface area (Å²) in [4.78, 5) is 47.1. The number of hydrogen-bond acceptors (Lipinski definition) is 12. The van der Waals surface area contributed by atoms with Gasteiger partial charge in [-0.2, -0.15) is 0 Å². The van der Waals surface area contributed by atoms with Gasteiger partial charge in [-0.3, -0.25) is 0 Å². The second-order valence-corrected chi connectivity index (χ2v) is 15.4. The summed E-state index contributed by atoms with van der Waals surface area (Å²) in [7, 11) is 0. The molecule has 0 aliphatic carbocycles. The van der Waals surface area contributed by atoms with Gasteiger partial charge in [0.25, 0.3) is 0 Å². The number of carbonyl (C=O) groups excluding carboxylic acids is 4. The van der Waals surface area contributed by atoms with Crippen LogP contribution in [0.5, 0.6) is 23.0 Å². The Morgan fingerprint density at radius 3 is 1.07 bits per heavy atom. The van der Waals surface area contributed by atoms with E-state index in [1.165, 1.54) is 0 Å². The second-order valence-electron chi connectivity index (χ2n) is 15.4. The van der Waals surface area contributed by atoms with Crippen molar-refractivity contribution in [2.45, 2.75) is 12.3 Å². The summed E-state index contributed by atoms with van der Waals surface area (Å²) in [6.07, 6.45) is 4.40. The van der Waals surface area contributed by atoms with Crippen LogP contribution in [0.1, 0.15) is 23.6 Å². The van der Waals surface area contributed by atoms with Gasteiger partial charge in [0.15, 0.2) is 0 Å². The van der Waals surface area contributed by atoms with Crippen LogP contribution in [0.15, 0.2) is 190 Å². The zero-order valence-corrected chi connectivity index (χ0v) is 39.0. The van der Waals surface area contributed by atoms with Crippen LogP contribution in [0.4, 0.5) is 0 Å². The predicted octanol–water partition coefficient (Wildman–Crippen LogP) is 10.5. The van der Waals surface area contributed by atoms with Crippen molar-refractivity contribution in [3.05, 3.63) is 207 Å². The molecule has 6 aromatic carbocycles. The third-order valence-corrected chi connectivity index (χ3v) is 11.0. The number of rotatable bonds is 26. The summed E-state index contributed by atoms with van der Waals surface area (Å²) in [6.45, 7) is 16.4. The van der Waals surface area contributed by atoms with Gasteiger partial charge in [-0.1, -0.05) is 117 Å². The van der Waals surface area contributed by atoms with E-state index in [2.05, 4.69) is 81.8 Å². The first-order valence-corrected chi connectivity index (χ1v) is 22.4. The van der Waals surface area contributed by atoms with E-state index >= 15 is 0 Å². The summed E-state index contributed by atoms with van der Waals surface area (Å²) < 4.78 is 45.5. The number of benzene rings is 6. The van der Waals surface area contributed by atoms with Gasteiger partial charge >= 0.3 is 23.9 Å². The van der Waals surface area contributed by atoms with Crippen LogP contribution < -0.4 is 18.9 Å². The van der Waals surface area contributed by atoms with E-state index in [0.29, 0.717) is 23.0 Å². The Morgan fingerprint density at radius 2 is 0.700 bits per heavy atom. The quantitative estimate of drug-likeness (QED) is 0.0168. The van der Waals surface area contributed by atoms with Gasteiger partial charge in [-0.25, -0.2) is 19.2 Å². The topological polar surface area (TPSA) is 142 Å². The third kappa shape index (κ3) is 13.7. The van der Waals surface area contributed by atoms with Crippen LogP contribution >= 0.6 is 0 Å². The molecule has 6 aromatic rings. The molecule has 358 valence electrons.